The van der Waals surface area contributed by atoms with Crippen molar-refractivity contribution in [2.75, 3.05) is 6.61 Å². The highest BCUT2D eigenvalue weighted by Gasteiger charge is 2.40. The van der Waals surface area contributed by atoms with E-state index in [0.717, 1.165) is 12.8 Å². The lowest BCUT2D eigenvalue weighted by Gasteiger charge is -2.42. The number of hydrogen-bond acceptors (Lipinski definition) is 3. The summed E-state index contributed by atoms with van der Waals surface area (Å²) in [4.78, 5) is 0. The minimum atomic E-state index is -0.616. The average molecular weight is 245 g/mol. The Morgan fingerprint density at radius 3 is 2.00 bits per heavy atom. The summed E-state index contributed by atoms with van der Waals surface area (Å²) in [5, 5.41) is 0. The van der Waals surface area contributed by atoms with Crippen LogP contribution in [0.4, 0.5) is 0 Å². The molecular weight excluding hydrogens is 214 g/mol. The average Bonchev–Trinajstić information content (AvgIpc) is 2.15. The first-order valence-corrected chi connectivity index (χ1v) is 6.74. The van der Waals surface area contributed by atoms with Crippen LogP contribution in [0.25, 0.3) is 0 Å². The Morgan fingerprint density at radius 1 is 1.12 bits per heavy atom. The van der Waals surface area contributed by atoms with Crippen LogP contribution in [0.1, 0.15) is 61.3 Å². The Balaban J connectivity index is 4.59. The third-order valence-corrected chi connectivity index (χ3v) is 3.45. The van der Waals surface area contributed by atoms with Crippen molar-refractivity contribution >= 4 is 0 Å². The van der Waals surface area contributed by atoms with Crippen molar-refractivity contribution in [3.63, 3.8) is 0 Å². The molecule has 0 aromatic carbocycles. The van der Waals surface area contributed by atoms with Gasteiger partial charge in [-0.3, -0.25) is 0 Å². The number of ether oxygens (including phenoxy) is 2. The molecule has 3 nitrogen and oxygen atoms in total. The summed E-state index contributed by atoms with van der Waals surface area (Å²) in [6.07, 6.45) is 2.42. The van der Waals surface area contributed by atoms with Crippen LogP contribution in [0.2, 0.25) is 0 Å². The molecule has 0 saturated carbocycles. The van der Waals surface area contributed by atoms with E-state index in [9.17, 15) is 0 Å². The predicted molar refractivity (Wildman–Crippen MR) is 72.9 cm³/mol. The number of nitrogens with two attached hydrogens (primary N) is 1. The van der Waals surface area contributed by atoms with Gasteiger partial charge >= 0.3 is 0 Å². The highest BCUT2D eigenvalue weighted by Crippen LogP contribution is 2.36. The molecule has 0 radical (unpaired) electrons. The molecule has 0 spiro atoms. The van der Waals surface area contributed by atoms with Gasteiger partial charge in [-0.15, -0.1) is 0 Å². The van der Waals surface area contributed by atoms with E-state index in [0.29, 0.717) is 6.61 Å². The second-order valence-electron chi connectivity index (χ2n) is 5.84. The second kappa shape index (κ2) is 6.72. The summed E-state index contributed by atoms with van der Waals surface area (Å²) in [6, 6.07) is 0. The molecule has 0 aliphatic carbocycles. The number of hydrogen-bond donors (Lipinski definition) is 1. The van der Waals surface area contributed by atoms with Gasteiger partial charge in [0, 0.05) is 12.0 Å². The normalized spacial score (nSPS) is 18.2. The zero-order valence-electron chi connectivity index (χ0n) is 12.7. The maximum atomic E-state index is 6.26. The molecular formula is C14H31NO2. The van der Waals surface area contributed by atoms with Gasteiger partial charge in [-0.25, -0.2) is 0 Å². The fourth-order valence-corrected chi connectivity index (χ4v) is 1.94. The maximum Gasteiger partial charge on any atom is 0.119 e. The highest BCUT2D eigenvalue weighted by molar-refractivity contribution is 4.88. The van der Waals surface area contributed by atoms with Crippen LogP contribution in [0.5, 0.6) is 0 Å². The molecule has 0 bridgehead atoms. The van der Waals surface area contributed by atoms with Crippen molar-refractivity contribution in [2.24, 2.45) is 11.1 Å². The molecule has 0 heterocycles. The summed E-state index contributed by atoms with van der Waals surface area (Å²) in [5.74, 6) is 0. The van der Waals surface area contributed by atoms with Gasteiger partial charge < -0.3 is 15.2 Å². The first-order valence-electron chi connectivity index (χ1n) is 6.74. The van der Waals surface area contributed by atoms with E-state index in [1.54, 1.807) is 0 Å². The van der Waals surface area contributed by atoms with E-state index < -0.39 is 5.72 Å². The lowest BCUT2D eigenvalue weighted by Crippen LogP contribution is -2.53. The van der Waals surface area contributed by atoms with Crippen molar-refractivity contribution < 1.29 is 9.47 Å². The van der Waals surface area contributed by atoms with Crippen LogP contribution in [-0.2, 0) is 9.47 Å². The van der Waals surface area contributed by atoms with Gasteiger partial charge in [0.25, 0.3) is 0 Å². The van der Waals surface area contributed by atoms with Gasteiger partial charge in [-0.1, -0.05) is 20.8 Å². The zero-order valence-corrected chi connectivity index (χ0v) is 12.7. The third-order valence-electron chi connectivity index (χ3n) is 3.45. The van der Waals surface area contributed by atoms with E-state index in [1.165, 1.54) is 0 Å². The quantitative estimate of drug-likeness (QED) is 0.667. The maximum absolute atomic E-state index is 6.26. The Hall–Kier alpha value is -0.120. The van der Waals surface area contributed by atoms with Gasteiger partial charge in [0.15, 0.2) is 0 Å². The summed E-state index contributed by atoms with van der Waals surface area (Å²) in [7, 11) is 0. The SMILES string of the molecule is CCOC(C)(N)C(C)(C)CC(CC)OC(C)C. The van der Waals surface area contributed by atoms with Crippen molar-refractivity contribution in [2.45, 2.75) is 79.2 Å². The summed E-state index contributed by atoms with van der Waals surface area (Å²) < 4.78 is 11.6. The molecule has 104 valence electrons. The first-order chi connectivity index (χ1) is 7.66. The van der Waals surface area contributed by atoms with E-state index in [-0.39, 0.29) is 17.6 Å². The summed E-state index contributed by atoms with van der Waals surface area (Å²) in [5.41, 5.74) is 5.53. The molecule has 0 aliphatic heterocycles. The molecule has 0 aromatic heterocycles. The monoisotopic (exact) mass is 245 g/mol. The molecule has 0 rings (SSSR count). The van der Waals surface area contributed by atoms with Gasteiger partial charge in [0.2, 0.25) is 0 Å². The largest absolute Gasteiger partial charge is 0.376 e. The van der Waals surface area contributed by atoms with E-state index in [1.807, 2.05) is 13.8 Å². The second-order valence-corrected chi connectivity index (χ2v) is 5.84. The van der Waals surface area contributed by atoms with Crippen LogP contribution in [0, 0.1) is 5.41 Å². The van der Waals surface area contributed by atoms with Gasteiger partial charge in [-0.2, -0.15) is 0 Å². The lowest BCUT2D eigenvalue weighted by molar-refractivity contribution is -0.126. The van der Waals surface area contributed by atoms with Gasteiger partial charge in [0.1, 0.15) is 5.72 Å². The van der Waals surface area contributed by atoms with Crippen molar-refractivity contribution in [3.05, 3.63) is 0 Å². The Morgan fingerprint density at radius 2 is 1.65 bits per heavy atom. The molecule has 0 fully saturated rings. The van der Waals surface area contributed by atoms with E-state index >= 15 is 0 Å². The molecule has 3 heteroatoms. The van der Waals surface area contributed by atoms with Crippen molar-refractivity contribution in [1.29, 1.82) is 0 Å². The molecule has 0 amide bonds. The van der Waals surface area contributed by atoms with Crippen molar-refractivity contribution in [1.82, 2.24) is 0 Å². The number of rotatable bonds is 8. The summed E-state index contributed by atoms with van der Waals surface area (Å²) >= 11 is 0. The van der Waals surface area contributed by atoms with E-state index in [2.05, 4.69) is 34.6 Å². The Kier molecular flexibility index (Phi) is 6.67. The molecule has 17 heavy (non-hydrogen) atoms. The first kappa shape index (κ1) is 16.9. The fraction of sp³-hybridized carbons (Fsp3) is 1.00. The molecule has 0 saturated heterocycles. The van der Waals surface area contributed by atoms with E-state index in [4.69, 9.17) is 15.2 Å². The molecule has 2 unspecified atom stereocenters. The third kappa shape index (κ3) is 5.36. The Bertz CT molecular complexity index is 212. The van der Waals surface area contributed by atoms with Crippen molar-refractivity contribution in [3.8, 4) is 0 Å². The standard InChI is InChI=1S/C14H31NO2/c1-8-12(17-11(3)4)10-13(5,6)14(7,15)16-9-2/h11-12H,8-10,15H2,1-7H3. The van der Waals surface area contributed by atoms with Crippen LogP contribution < -0.4 is 5.73 Å². The fourth-order valence-electron chi connectivity index (χ4n) is 1.94. The topological polar surface area (TPSA) is 44.5 Å². The predicted octanol–water partition coefficient (Wildman–Crippen LogP) is 3.32. The minimum absolute atomic E-state index is 0.113. The van der Waals surface area contributed by atoms with Gasteiger partial charge in [0.05, 0.1) is 12.2 Å². The summed E-state index contributed by atoms with van der Waals surface area (Å²) in [6.45, 7) is 15.2. The zero-order chi connectivity index (χ0) is 13.7. The molecule has 2 atom stereocenters. The Labute approximate surface area is 107 Å². The smallest absolute Gasteiger partial charge is 0.119 e. The van der Waals surface area contributed by atoms with Crippen LogP contribution >= 0.6 is 0 Å². The molecule has 2 N–H and O–H groups in total. The van der Waals surface area contributed by atoms with Crippen LogP contribution in [0.3, 0.4) is 0 Å². The molecule has 0 aromatic rings. The van der Waals surface area contributed by atoms with Gasteiger partial charge in [-0.05, 0) is 40.5 Å². The lowest BCUT2D eigenvalue weighted by atomic mass is 9.77. The minimum Gasteiger partial charge on any atom is -0.376 e. The molecule has 0 aliphatic rings. The van der Waals surface area contributed by atoms with Crippen LogP contribution in [-0.4, -0.2) is 24.5 Å². The highest BCUT2D eigenvalue weighted by atomic mass is 16.5. The van der Waals surface area contributed by atoms with Crippen LogP contribution in [0.15, 0.2) is 0 Å².